The fourth-order valence-electron chi connectivity index (χ4n) is 1.64. The van der Waals surface area contributed by atoms with Crippen LogP contribution in [-0.4, -0.2) is 20.6 Å². The molecule has 0 aliphatic rings. The summed E-state index contributed by atoms with van der Waals surface area (Å²) in [5, 5.41) is 24.9. The van der Waals surface area contributed by atoms with Gasteiger partial charge in [-0.15, -0.1) is 10.2 Å². The van der Waals surface area contributed by atoms with Crippen LogP contribution in [0.2, 0.25) is 0 Å². The summed E-state index contributed by atoms with van der Waals surface area (Å²) in [5.41, 5.74) is -1.03. The van der Waals surface area contributed by atoms with Gasteiger partial charge in [-0.2, -0.15) is 23.6 Å². The van der Waals surface area contributed by atoms with Crippen molar-refractivity contribution >= 4 is 5.69 Å². The third-order valence-electron chi connectivity index (χ3n) is 2.58. The molecule has 0 saturated heterocycles. The Morgan fingerprint density at radius 2 is 2.15 bits per heavy atom. The molecular weight excluding hydrogens is 273 g/mol. The number of nitrogens with one attached hydrogen (secondary N) is 2. The first kappa shape index (κ1) is 13.8. The Balaban J connectivity index is 2.25. The third kappa shape index (κ3) is 2.85. The lowest BCUT2D eigenvalue weighted by Crippen LogP contribution is -2.11. The molecule has 1 aromatic carbocycles. The fraction of sp³-hybridized carbons (Fsp3) is 0.273. The van der Waals surface area contributed by atoms with E-state index in [2.05, 4.69) is 25.9 Å². The Labute approximate surface area is 111 Å². The Morgan fingerprint density at radius 3 is 2.70 bits per heavy atom. The molecule has 9 heteroatoms. The van der Waals surface area contributed by atoms with Crippen molar-refractivity contribution in [3.8, 4) is 6.07 Å². The molecule has 0 fully saturated rings. The quantitative estimate of drug-likeness (QED) is 0.901. The topological polar surface area (TPSA) is 90.3 Å². The molecule has 0 radical (unpaired) electrons. The molecule has 2 N–H and O–H groups in total. The number of rotatable bonds is 3. The van der Waals surface area contributed by atoms with Crippen LogP contribution in [0, 0.1) is 11.3 Å². The minimum atomic E-state index is -4.55. The summed E-state index contributed by atoms with van der Waals surface area (Å²) in [6.45, 7) is 1.72. The van der Waals surface area contributed by atoms with Crippen LogP contribution in [0.1, 0.15) is 29.9 Å². The Bertz CT molecular complexity index is 629. The highest BCUT2D eigenvalue weighted by Gasteiger charge is 2.33. The third-order valence-corrected chi connectivity index (χ3v) is 2.58. The van der Waals surface area contributed by atoms with Gasteiger partial charge in [0.25, 0.3) is 0 Å². The molecule has 2 rings (SSSR count). The standard InChI is InChI=1S/C11H9F3N6/c1-6(10-17-19-20-18-10)16-8-2-3-9(11(12,13)14)7(4-8)5-15/h2-4,6,16H,1H3,(H,17,18,19,20). The van der Waals surface area contributed by atoms with E-state index in [-0.39, 0.29) is 6.04 Å². The molecule has 1 atom stereocenters. The van der Waals surface area contributed by atoms with Crippen LogP contribution in [0.3, 0.4) is 0 Å². The number of H-pyrrole nitrogens is 1. The van der Waals surface area contributed by atoms with Crippen molar-refractivity contribution in [3.63, 3.8) is 0 Å². The summed E-state index contributed by atoms with van der Waals surface area (Å²) < 4.78 is 37.9. The number of nitriles is 1. The van der Waals surface area contributed by atoms with Gasteiger partial charge in [0.05, 0.1) is 23.2 Å². The van der Waals surface area contributed by atoms with Crippen LogP contribution in [0.5, 0.6) is 0 Å². The average Bonchev–Trinajstić information content (AvgIpc) is 2.91. The number of alkyl halides is 3. The lowest BCUT2D eigenvalue weighted by atomic mass is 10.1. The molecule has 0 aliphatic heterocycles. The number of anilines is 1. The highest BCUT2D eigenvalue weighted by Crippen LogP contribution is 2.33. The number of hydrogen-bond donors (Lipinski definition) is 2. The molecule has 1 heterocycles. The molecule has 0 spiro atoms. The zero-order valence-electron chi connectivity index (χ0n) is 10.2. The van der Waals surface area contributed by atoms with E-state index < -0.39 is 17.3 Å². The first-order valence-electron chi connectivity index (χ1n) is 5.53. The van der Waals surface area contributed by atoms with Gasteiger partial charge in [0.2, 0.25) is 0 Å². The molecule has 1 aromatic heterocycles. The number of tetrazole rings is 1. The summed E-state index contributed by atoms with van der Waals surface area (Å²) >= 11 is 0. The number of halogens is 3. The normalized spacial score (nSPS) is 12.8. The monoisotopic (exact) mass is 282 g/mol. The maximum absolute atomic E-state index is 12.6. The van der Waals surface area contributed by atoms with Crippen LogP contribution in [0.25, 0.3) is 0 Å². The summed E-state index contributed by atoms with van der Waals surface area (Å²) in [7, 11) is 0. The van der Waals surface area contributed by atoms with Crippen molar-refractivity contribution in [2.45, 2.75) is 19.1 Å². The van der Waals surface area contributed by atoms with Gasteiger partial charge in [-0.25, -0.2) is 0 Å². The zero-order chi connectivity index (χ0) is 14.8. The number of aromatic amines is 1. The smallest absolute Gasteiger partial charge is 0.375 e. The van der Waals surface area contributed by atoms with Gasteiger partial charge in [-0.05, 0) is 25.1 Å². The Kier molecular flexibility index (Phi) is 3.56. The van der Waals surface area contributed by atoms with Gasteiger partial charge in [0.1, 0.15) is 0 Å². The van der Waals surface area contributed by atoms with Gasteiger partial charge >= 0.3 is 6.18 Å². The minimum Gasteiger partial charge on any atom is -0.375 e. The second-order valence-electron chi connectivity index (χ2n) is 4.01. The summed E-state index contributed by atoms with van der Waals surface area (Å²) in [5.74, 6) is 0.364. The first-order chi connectivity index (χ1) is 9.41. The minimum absolute atomic E-state index is 0.364. The maximum atomic E-state index is 12.6. The number of aromatic nitrogens is 4. The van der Waals surface area contributed by atoms with Gasteiger partial charge in [-0.1, -0.05) is 5.21 Å². The Hall–Kier alpha value is -2.63. The van der Waals surface area contributed by atoms with Crippen LogP contribution in [-0.2, 0) is 6.18 Å². The molecule has 0 bridgehead atoms. The molecule has 104 valence electrons. The molecule has 6 nitrogen and oxygen atoms in total. The predicted octanol–water partition coefficient (Wildman–Crippen LogP) is 2.26. The lowest BCUT2D eigenvalue weighted by molar-refractivity contribution is -0.137. The van der Waals surface area contributed by atoms with Gasteiger partial charge in [-0.3, -0.25) is 0 Å². The van der Waals surface area contributed by atoms with Crippen molar-refractivity contribution < 1.29 is 13.2 Å². The lowest BCUT2D eigenvalue weighted by Gasteiger charge is -2.14. The molecule has 0 saturated carbocycles. The number of hydrogen-bond acceptors (Lipinski definition) is 5. The second kappa shape index (κ2) is 5.16. The predicted molar refractivity (Wildman–Crippen MR) is 62.4 cm³/mol. The maximum Gasteiger partial charge on any atom is 0.417 e. The van der Waals surface area contributed by atoms with E-state index in [0.29, 0.717) is 11.5 Å². The van der Waals surface area contributed by atoms with E-state index in [1.807, 2.05) is 0 Å². The number of nitrogens with zero attached hydrogens (tertiary/aromatic N) is 4. The van der Waals surface area contributed by atoms with Gasteiger partial charge in [0.15, 0.2) is 5.82 Å². The second-order valence-corrected chi connectivity index (χ2v) is 4.01. The summed E-state index contributed by atoms with van der Waals surface area (Å²) in [4.78, 5) is 0. The highest BCUT2D eigenvalue weighted by atomic mass is 19.4. The average molecular weight is 282 g/mol. The van der Waals surface area contributed by atoms with Gasteiger partial charge < -0.3 is 5.32 Å². The SMILES string of the molecule is CC(Nc1ccc(C(F)(F)F)c(C#N)c1)c1nn[nH]n1. The molecule has 1 unspecified atom stereocenters. The van der Waals surface area contributed by atoms with Crippen LogP contribution in [0.15, 0.2) is 18.2 Å². The highest BCUT2D eigenvalue weighted by molar-refractivity contribution is 5.54. The van der Waals surface area contributed by atoms with E-state index in [0.717, 1.165) is 12.1 Å². The van der Waals surface area contributed by atoms with Gasteiger partial charge in [0, 0.05) is 5.69 Å². The molecule has 2 aromatic rings. The summed E-state index contributed by atoms with van der Waals surface area (Å²) in [6, 6.07) is 4.43. The van der Waals surface area contributed by atoms with Crippen molar-refractivity contribution in [2.24, 2.45) is 0 Å². The largest absolute Gasteiger partial charge is 0.417 e. The molecule has 0 aliphatic carbocycles. The molecular formula is C11H9F3N6. The number of benzene rings is 1. The zero-order valence-corrected chi connectivity index (χ0v) is 10.2. The molecule has 0 amide bonds. The van der Waals surface area contributed by atoms with E-state index in [4.69, 9.17) is 5.26 Å². The van der Waals surface area contributed by atoms with Crippen molar-refractivity contribution in [1.29, 1.82) is 5.26 Å². The summed E-state index contributed by atoms with van der Waals surface area (Å²) in [6.07, 6.45) is -4.55. The van der Waals surface area contributed by atoms with Crippen molar-refractivity contribution in [2.75, 3.05) is 5.32 Å². The van der Waals surface area contributed by atoms with Crippen LogP contribution >= 0.6 is 0 Å². The Morgan fingerprint density at radius 1 is 1.40 bits per heavy atom. The van der Waals surface area contributed by atoms with E-state index in [1.165, 1.54) is 6.07 Å². The van der Waals surface area contributed by atoms with E-state index >= 15 is 0 Å². The van der Waals surface area contributed by atoms with Crippen molar-refractivity contribution in [1.82, 2.24) is 20.6 Å². The van der Waals surface area contributed by atoms with E-state index in [9.17, 15) is 13.2 Å². The van der Waals surface area contributed by atoms with E-state index in [1.54, 1.807) is 13.0 Å². The van der Waals surface area contributed by atoms with Crippen LogP contribution in [0.4, 0.5) is 18.9 Å². The van der Waals surface area contributed by atoms with Crippen LogP contribution < -0.4 is 5.32 Å². The molecule has 20 heavy (non-hydrogen) atoms. The first-order valence-corrected chi connectivity index (χ1v) is 5.53. The van der Waals surface area contributed by atoms with Crippen molar-refractivity contribution in [3.05, 3.63) is 35.2 Å². The fourth-order valence-corrected chi connectivity index (χ4v) is 1.64.